The number of likely N-dealkylation sites (tertiary alicyclic amines) is 1. The Morgan fingerprint density at radius 1 is 1.36 bits per heavy atom. The molecule has 0 saturated carbocycles. The van der Waals surface area contributed by atoms with Crippen LogP contribution < -0.4 is 10.3 Å². The molecule has 1 amide bonds. The van der Waals surface area contributed by atoms with E-state index < -0.39 is 0 Å². The molecule has 0 aliphatic carbocycles. The molecule has 0 N–H and O–H groups in total. The van der Waals surface area contributed by atoms with Crippen molar-refractivity contribution in [2.24, 2.45) is 7.05 Å². The van der Waals surface area contributed by atoms with E-state index in [4.69, 9.17) is 4.74 Å². The van der Waals surface area contributed by atoms with Gasteiger partial charge < -0.3 is 9.64 Å². The first-order valence-electron chi connectivity index (χ1n) is 6.65. The Morgan fingerprint density at radius 3 is 2.82 bits per heavy atom. The molecule has 7 nitrogen and oxygen atoms in total. The van der Waals surface area contributed by atoms with Gasteiger partial charge in [0.05, 0.1) is 17.6 Å². The molecule has 1 fully saturated rings. The molecular formula is C14H13BrN4O3. The van der Waals surface area contributed by atoms with Gasteiger partial charge >= 0.3 is 0 Å². The molecule has 3 heterocycles. The van der Waals surface area contributed by atoms with Crippen LogP contribution in [0.25, 0.3) is 0 Å². The fourth-order valence-corrected chi connectivity index (χ4v) is 2.42. The lowest BCUT2D eigenvalue weighted by Crippen LogP contribution is -2.56. The van der Waals surface area contributed by atoms with Crippen molar-refractivity contribution in [1.29, 1.82) is 0 Å². The highest BCUT2D eigenvalue weighted by molar-refractivity contribution is 9.10. The number of amides is 1. The maximum Gasteiger partial charge on any atom is 0.274 e. The van der Waals surface area contributed by atoms with Crippen LogP contribution >= 0.6 is 15.9 Å². The fourth-order valence-electron chi connectivity index (χ4n) is 2.07. The minimum atomic E-state index is -0.249. The topological polar surface area (TPSA) is 77.3 Å². The van der Waals surface area contributed by atoms with E-state index in [-0.39, 0.29) is 23.3 Å². The van der Waals surface area contributed by atoms with Crippen LogP contribution in [0.1, 0.15) is 10.5 Å². The molecule has 0 atom stereocenters. The molecule has 1 aliphatic rings. The van der Waals surface area contributed by atoms with Crippen molar-refractivity contribution >= 4 is 21.8 Å². The highest BCUT2D eigenvalue weighted by Crippen LogP contribution is 2.24. The fraction of sp³-hybridized carbons (Fsp3) is 0.286. The van der Waals surface area contributed by atoms with Gasteiger partial charge in [-0.3, -0.25) is 9.59 Å². The summed E-state index contributed by atoms with van der Waals surface area (Å²) in [6.45, 7) is 0.929. The Hall–Kier alpha value is -2.22. The van der Waals surface area contributed by atoms with Gasteiger partial charge in [-0.1, -0.05) is 0 Å². The first kappa shape index (κ1) is 14.7. The van der Waals surface area contributed by atoms with Crippen LogP contribution in [0.3, 0.4) is 0 Å². The van der Waals surface area contributed by atoms with Crippen molar-refractivity contribution in [1.82, 2.24) is 19.7 Å². The predicted molar refractivity (Wildman–Crippen MR) is 81.7 cm³/mol. The summed E-state index contributed by atoms with van der Waals surface area (Å²) in [5, 5.41) is 3.95. The SMILES string of the molecule is Cn1nc(C(=O)N2CC(Oc3ncccc3Br)C2)ccc1=O. The molecule has 0 radical (unpaired) electrons. The minimum absolute atomic E-state index is 0.0947. The first-order chi connectivity index (χ1) is 10.5. The highest BCUT2D eigenvalue weighted by Gasteiger charge is 2.34. The second-order valence-corrected chi connectivity index (χ2v) is 5.78. The van der Waals surface area contributed by atoms with Crippen molar-refractivity contribution in [3.8, 4) is 5.88 Å². The number of aryl methyl sites for hydroxylation is 1. The van der Waals surface area contributed by atoms with Crippen LogP contribution in [-0.4, -0.2) is 44.8 Å². The van der Waals surface area contributed by atoms with Gasteiger partial charge in [0, 0.05) is 19.3 Å². The largest absolute Gasteiger partial charge is 0.470 e. The third-order valence-electron chi connectivity index (χ3n) is 3.32. The summed E-state index contributed by atoms with van der Waals surface area (Å²) in [6, 6.07) is 6.42. The lowest BCUT2D eigenvalue weighted by atomic mass is 10.1. The summed E-state index contributed by atoms with van der Waals surface area (Å²) in [5.74, 6) is 0.301. The lowest BCUT2D eigenvalue weighted by Gasteiger charge is -2.38. The molecule has 0 bridgehead atoms. The van der Waals surface area contributed by atoms with Gasteiger partial charge in [-0.2, -0.15) is 5.10 Å². The second-order valence-electron chi connectivity index (χ2n) is 4.92. The van der Waals surface area contributed by atoms with E-state index in [0.717, 1.165) is 9.15 Å². The van der Waals surface area contributed by atoms with Crippen molar-refractivity contribution in [3.63, 3.8) is 0 Å². The number of rotatable bonds is 3. The molecule has 8 heteroatoms. The average Bonchev–Trinajstić information content (AvgIpc) is 2.46. The minimum Gasteiger partial charge on any atom is -0.470 e. The number of halogens is 1. The van der Waals surface area contributed by atoms with E-state index in [0.29, 0.717) is 19.0 Å². The van der Waals surface area contributed by atoms with E-state index in [1.807, 2.05) is 6.07 Å². The summed E-state index contributed by atoms with van der Waals surface area (Å²) in [7, 11) is 1.51. The van der Waals surface area contributed by atoms with Gasteiger partial charge in [-0.25, -0.2) is 9.67 Å². The Labute approximate surface area is 134 Å². The summed E-state index contributed by atoms with van der Waals surface area (Å²) in [5.41, 5.74) is 0.000869. The zero-order chi connectivity index (χ0) is 15.7. The monoisotopic (exact) mass is 364 g/mol. The van der Waals surface area contributed by atoms with E-state index in [1.54, 1.807) is 17.2 Å². The van der Waals surface area contributed by atoms with Crippen molar-refractivity contribution < 1.29 is 9.53 Å². The highest BCUT2D eigenvalue weighted by atomic mass is 79.9. The molecule has 114 valence electrons. The number of pyridine rings is 1. The molecule has 1 aliphatic heterocycles. The quantitative estimate of drug-likeness (QED) is 0.806. The maximum atomic E-state index is 12.2. The molecular weight excluding hydrogens is 352 g/mol. The van der Waals surface area contributed by atoms with E-state index in [2.05, 4.69) is 26.0 Å². The average molecular weight is 365 g/mol. The number of hydrogen-bond acceptors (Lipinski definition) is 5. The van der Waals surface area contributed by atoms with Crippen LogP contribution in [-0.2, 0) is 7.05 Å². The molecule has 0 aromatic carbocycles. The summed E-state index contributed by atoms with van der Waals surface area (Å²) < 4.78 is 7.63. The van der Waals surface area contributed by atoms with Gasteiger partial charge in [0.2, 0.25) is 5.88 Å². The third kappa shape index (κ3) is 2.87. The van der Waals surface area contributed by atoms with E-state index in [1.165, 1.54) is 19.2 Å². The molecule has 0 spiro atoms. The molecule has 0 unspecified atom stereocenters. The van der Waals surface area contributed by atoms with Crippen LogP contribution in [0.15, 0.2) is 39.7 Å². The zero-order valence-electron chi connectivity index (χ0n) is 11.8. The van der Waals surface area contributed by atoms with Crippen LogP contribution in [0.5, 0.6) is 5.88 Å². The number of ether oxygens (including phenoxy) is 1. The van der Waals surface area contributed by atoms with Crippen LogP contribution in [0.4, 0.5) is 0 Å². The van der Waals surface area contributed by atoms with Crippen molar-refractivity contribution in [2.45, 2.75) is 6.10 Å². The van der Waals surface area contributed by atoms with Gasteiger partial charge in [0.1, 0.15) is 11.8 Å². The number of carbonyl (C=O) groups excluding carboxylic acids is 1. The number of hydrogen-bond donors (Lipinski definition) is 0. The van der Waals surface area contributed by atoms with Gasteiger partial charge in [-0.15, -0.1) is 0 Å². The Bertz CT molecular complexity index is 771. The first-order valence-corrected chi connectivity index (χ1v) is 7.44. The number of carbonyl (C=O) groups is 1. The maximum absolute atomic E-state index is 12.2. The second kappa shape index (κ2) is 5.88. The van der Waals surface area contributed by atoms with Crippen molar-refractivity contribution in [2.75, 3.05) is 13.1 Å². The third-order valence-corrected chi connectivity index (χ3v) is 3.92. The smallest absolute Gasteiger partial charge is 0.274 e. The molecule has 22 heavy (non-hydrogen) atoms. The lowest BCUT2D eigenvalue weighted by molar-refractivity contribution is 0.0151. The molecule has 2 aromatic rings. The van der Waals surface area contributed by atoms with Crippen molar-refractivity contribution in [3.05, 3.63) is 51.0 Å². The zero-order valence-corrected chi connectivity index (χ0v) is 13.4. The number of aromatic nitrogens is 3. The standard InChI is InChI=1S/C14H13BrN4O3/c1-18-12(20)5-4-11(17-18)14(21)19-7-9(8-19)22-13-10(15)3-2-6-16-13/h2-6,9H,7-8H2,1H3. The predicted octanol–water partition coefficient (Wildman–Crippen LogP) is 0.841. The molecule has 2 aromatic heterocycles. The Kier molecular flexibility index (Phi) is 3.93. The molecule has 3 rings (SSSR count). The Balaban J connectivity index is 1.61. The van der Waals surface area contributed by atoms with Gasteiger partial charge in [0.15, 0.2) is 0 Å². The molecule has 1 saturated heterocycles. The van der Waals surface area contributed by atoms with Gasteiger partial charge in [0.25, 0.3) is 11.5 Å². The van der Waals surface area contributed by atoms with Crippen LogP contribution in [0, 0.1) is 0 Å². The summed E-state index contributed by atoms with van der Waals surface area (Å²) in [6.07, 6.45) is 1.55. The van der Waals surface area contributed by atoms with Crippen LogP contribution in [0.2, 0.25) is 0 Å². The summed E-state index contributed by atoms with van der Waals surface area (Å²) >= 11 is 3.36. The summed E-state index contributed by atoms with van der Waals surface area (Å²) in [4.78, 5) is 29.2. The van der Waals surface area contributed by atoms with E-state index >= 15 is 0 Å². The normalized spacial score (nSPS) is 14.5. The van der Waals surface area contributed by atoms with E-state index in [9.17, 15) is 9.59 Å². The number of nitrogens with zero attached hydrogens (tertiary/aromatic N) is 4. The Morgan fingerprint density at radius 2 is 2.14 bits per heavy atom. The van der Waals surface area contributed by atoms with Gasteiger partial charge in [-0.05, 0) is 34.1 Å².